The first kappa shape index (κ1) is 15.8. The predicted molar refractivity (Wildman–Crippen MR) is 77.5 cm³/mol. The van der Waals surface area contributed by atoms with Crippen LogP contribution in [0.1, 0.15) is 25.7 Å². The van der Waals surface area contributed by atoms with E-state index in [1.807, 2.05) is 0 Å². The number of likely N-dealkylation sites (tertiary alicyclic amines) is 1. The fourth-order valence-corrected chi connectivity index (χ4v) is 2.36. The highest BCUT2D eigenvalue weighted by atomic mass is 16.2. The number of carbonyl (C=O) groups is 3. The van der Waals surface area contributed by atoms with Crippen molar-refractivity contribution in [3.8, 4) is 0 Å². The van der Waals surface area contributed by atoms with Crippen LogP contribution in [0.2, 0.25) is 0 Å². The van der Waals surface area contributed by atoms with E-state index in [0.717, 1.165) is 38.8 Å². The first-order valence-corrected chi connectivity index (χ1v) is 7.57. The van der Waals surface area contributed by atoms with Crippen LogP contribution in [-0.4, -0.2) is 73.3 Å². The van der Waals surface area contributed by atoms with Gasteiger partial charge in [-0.05, 0) is 32.7 Å². The van der Waals surface area contributed by atoms with Crippen molar-refractivity contribution in [2.24, 2.45) is 0 Å². The van der Waals surface area contributed by atoms with Gasteiger partial charge in [-0.15, -0.1) is 0 Å². The fraction of sp³-hybridized carbons (Fsp3) is 0.786. The summed E-state index contributed by atoms with van der Waals surface area (Å²) in [6, 6.07) is 0.331. The van der Waals surface area contributed by atoms with E-state index >= 15 is 0 Å². The molecule has 0 spiro atoms. The van der Waals surface area contributed by atoms with Gasteiger partial charge in [0, 0.05) is 19.1 Å². The molecule has 0 aromatic heterocycles. The molecule has 7 nitrogen and oxygen atoms in total. The molecule has 118 valence electrons. The van der Waals surface area contributed by atoms with Crippen molar-refractivity contribution in [2.75, 3.05) is 39.8 Å². The molecule has 0 atom stereocenters. The van der Waals surface area contributed by atoms with Gasteiger partial charge >= 0.3 is 0 Å². The van der Waals surface area contributed by atoms with E-state index in [2.05, 4.69) is 10.6 Å². The van der Waals surface area contributed by atoms with Crippen molar-refractivity contribution in [3.63, 3.8) is 0 Å². The Labute approximate surface area is 125 Å². The van der Waals surface area contributed by atoms with Gasteiger partial charge in [-0.1, -0.05) is 0 Å². The van der Waals surface area contributed by atoms with Gasteiger partial charge in [0.2, 0.25) is 17.7 Å². The zero-order chi connectivity index (χ0) is 15.2. The van der Waals surface area contributed by atoms with Crippen LogP contribution in [0.5, 0.6) is 0 Å². The van der Waals surface area contributed by atoms with Crippen molar-refractivity contribution in [1.82, 2.24) is 20.4 Å². The van der Waals surface area contributed by atoms with E-state index in [9.17, 15) is 14.4 Å². The van der Waals surface area contributed by atoms with Crippen LogP contribution in [0.3, 0.4) is 0 Å². The lowest BCUT2D eigenvalue weighted by Crippen LogP contribution is -2.44. The van der Waals surface area contributed by atoms with Crippen LogP contribution in [0.15, 0.2) is 0 Å². The molecule has 0 unspecified atom stereocenters. The summed E-state index contributed by atoms with van der Waals surface area (Å²) in [6.07, 6.45) is 4.18. The van der Waals surface area contributed by atoms with Crippen molar-refractivity contribution in [3.05, 3.63) is 0 Å². The van der Waals surface area contributed by atoms with Gasteiger partial charge < -0.3 is 15.5 Å². The monoisotopic (exact) mass is 296 g/mol. The van der Waals surface area contributed by atoms with Crippen molar-refractivity contribution in [1.29, 1.82) is 0 Å². The van der Waals surface area contributed by atoms with Crippen LogP contribution >= 0.6 is 0 Å². The van der Waals surface area contributed by atoms with Gasteiger partial charge in [-0.25, -0.2) is 0 Å². The van der Waals surface area contributed by atoms with E-state index in [0.29, 0.717) is 6.04 Å². The lowest BCUT2D eigenvalue weighted by atomic mass is 10.4. The summed E-state index contributed by atoms with van der Waals surface area (Å²) in [6.45, 7) is 1.93. The average Bonchev–Trinajstić information content (AvgIpc) is 3.06. The maximum absolute atomic E-state index is 11.8. The van der Waals surface area contributed by atoms with E-state index in [-0.39, 0.29) is 37.4 Å². The number of hydrogen-bond acceptors (Lipinski definition) is 4. The molecule has 1 aliphatic heterocycles. The summed E-state index contributed by atoms with van der Waals surface area (Å²) in [5, 5.41) is 5.49. The zero-order valence-corrected chi connectivity index (χ0v) is 12.6. The number of carbonyl (C=O) groups excluding carboxylic acids is 3. The van der Waals surface area contributed by atoms with E-state index < -0.39 is 0 Å². The maximum atomic E-state index is 11.8. The Morgan fingerprint density at radius 2 is 1.71 bits per heavy atom. The van der Waals surface area contributed by atoms with Gasteiger partial charge in [-0.2, -0.15) is 0 Å². The Bertz CT molecular complexity index is 403. The molecule has 2 rings (SSSR count). The number of nitrogens with zero attached hydrogens (tertiary/aromatic N) is 2. The second-order valence-corrected chi connectivity index (χ2v) is 5.88. The third-order valence-electron chi connectivity index (χ3n) is 3.67. The lowest BCUT2D eigenvalue weighted by Gasteiger charge is -2.18. The summed E-state index contributed by atoms with van der Waals surface area (Å²) in [5.41, 5.74) is 0. The van der Waals surface area contributed by atoms with Crippen LogP contribution in [-0.2, 0) is 14.4 Å². The fourth-order valence-electron chi connectivity index (χ4n) is 2.36. The quantitative estimate of drug-likeness (QED) is 0.627. The molecule has 2 N–H and O–H groups in total. The van der Waals surface area contributed by atoms with Gasteiger partial charge in [0.25, 0.3) is 0 Å². The molecule has 21 heavy (non-hydrogen) atoms. The largest absolute Gasteiger partial charge is 0.352 e. The lowest BCUT2D eigenvalue weighted by molar-refractivity contribution is -0.132. The smallest absolute Gasteiger partial charge is 0.241 e. The molecule has 0 radical (unpaired) electrons. The standard InChI is InChI=1S/C14H24N4O3/c1-17(10-13(20)16-11-4-5-11)9-12(19)15-8-14(21)18-6-2-3-7-18/h11H,2-10H2,1H3,(H,15,19)(H,16,20). The molecule has 1 aliphatic carbocycles. The molecule has 2 fully saturated rings. The molecular weight excluding hydrogens is 272 g/mol. The summed E-state index contributed by atoms with van der Waals surface area (Å²) in [7, 11) is 1.72. The molecule has 2 aliphatic rings. The summed E-state index contributed by atoms with van der Waals surface area (Å²) in [5.74, 6) is -0.319. The number of nitrogens with one attached hydrogen (secondary N) is 2. The number of hydrogen-bond donors (Lipinski definition) is 2. The highest BCUT2D eigenvalue weighted by Gasteiger charge is 2.24. The van der Waals surface area contributed by atoms with Crippen LogP contribution in [0.4, 0.5) is 0 Å². The minimum Gasteiger partial charge on any atom is -0.352 e. The Hall–Kier alpha value is -1.63. The second-order valence-electron chi connectivity index (χ2n) is 5.88. The Balaban J connectivity index is 1.59. The average molecular weight is 296 g/mol. The van der Waals surface area contributed by atoms with Gasteiger partial charge in [0.15, 0.2) is 0 Å². The maximum Gasteiger partial charge on any atom is 0.241 e. The predicted octanol–water partition coefficient (Wildman–Crippen LogP) is -1.06. The highest BCUT2D eigenvalue weighted by Crippen LogP contribution is 2.18. The first-order valence-electron chi connectivity index (χ1n) is 7.57. The third kappa shape index (κ3) is 5.71. The molecule has 0 aromatic rings. The SMILES string of the molecule is CN(CC(=O)NCC(=O)N1CCCC1)CC(=O)NC1CC1. The molecule has 7 heteroatoms. The molecular formula is C14H24N4O3. The topological polar surface area (TPSA) is 81.8 Å². The molecule has 1 heterocycles. The van der Waals surface area contributed by atoms with E-state index in [4.69, 9.17) is 0 Å². The van der Waals surface area contributed by atoms with Gasteiger partial charge in [0.1, 0.15) is 0 Å². The van der Waals surface area contributed by atoms with Crippen molar-refractivity contribution in [2.45, 2.75) is 31.7 Å². The first-order chi connectivity index (χ1) is 10.0. The summed E-state index contributed by atoms with van der Waals surface area (Å²) >= 11 is 0. The van der Waals surface area contributed by atoms with E-state index in [1.165, 1.54) is 0 Å². The number of rotatable bonds is 7. The molecule has 0 aromatic carbocycles. The molecule has 1 saturated heterocycles. The number of likely N-dealkylation sites (N-methyl/N-ethyl adjacent to an activating group) is 1. The Kier molecular flexibility index (Phi) is 5.55. The summed E-state index contributed by atoms with van der Waals surface area (Å²) < 4.78 is 0. The van der Waals surface area contributed by atoms with Gasteiger partial charge in [0.05, 0.1) is 19.6 Å². The molecule has 3 amide bonds. The normalized spacial score (nSPS) is 17.9. The van der Waals surface area contributed by atoms with Crippen LogP contribution < -0.4 is 10.6 Å². The number of amides is 3. The third-order valence-corrected chi connectivity index (χ3v) is 3.67. The van der Waals surface area contributed by atoms with Crippen LogP contribution in [0.25, 0.3) is 0 Å². The highest BCUT2D eigenvalue weighted by molar-refractivity contribution is 5.86. The molecule has 0 bridgehead atoms. The minimum absolute atomic E-state index is 0.0324. The van der Waals surface area contributed by atoms with Crippen molar-refractivity contribution < 1.29 is 14.4 Å². The second kappa shape index (κ2) is 7.40. The molecule has 1 saturated carbocycles. The van der Waals surface area contributed by atoms with Crippen molar-refractivity contribution >= 4 is 17.7 Å². The zero-order valence-electron chi connectivity index (χ0n) is 12.6. The van der Waals surface area contributed by atoms with E-state index in [1.54, 1.807) is 16.8 Å². The van der Waals surface area contributed by atoms with Gasteiger partial charge in [-0.3, -0.25) is 19.3 Å². The Morgan fingerprint density at radius 3 is 2.33 bits per heavy atom. The minimum atomic E-state index is -0.232. The van der Waals surface area contributed by atoms with Crippen LogP contribution in [0, 0.1) is 0 Å². The Morgan fingerprint density at radius 1 is 1.10 bits per heavy atom. The summed E-state index contributed by atoms with van der Waals surface area (Å²) in [4.78, 5) is 38.5.